The van der Waals surface area contributed by atoms with E-state index in [-0.39, 0.29) is 11.8 Å². The van der Waals surface area contributed by atoms with E-state index in [0.717, 1.165) is 22.0 Å². The van der Waals surface area contributed by atoms with Gasteiger partial charge in [0, 0.05) is 17.6 Å². The number of benzene rings is 2. The van der Waals surface area contributed by atoms with Crippen LogP contribution >= 0.6 is 15.9 Å². The average molecular weight is 349 g/mol. The first-order valence-electron chi connectivity index (χ1n) is 6.67. The first-order chi connectivity index (χ1) is 10.1. The summed E-state index contributed by atoms with van der Waals surface area (Å²) in [6.45, 7) is 1.04. The largest absolute Gasteiger partial charge is 0.508 e. The predicted octanol–water partition coefficient (Wildman–Crippen LogP) is 3.20. The summed E-state index contributed by atoms with van der Waals surface area (Å²) in [6, 6.07) is 14.6. The minimum absolute atomic E-state index is 0.186. The van der Waals surface area contributed by atoms with Crippen LogP contribution in [0, 0.1) is 0 Å². The predicted molar refractivity (Wildman–Crippen MR) is 86.2 cm³/mol. The molecule has 0 atom stereocenters. The third-order valence-corrected chi connectivity index (χ3v) is 3.47. The third kappa shape index (κ3) is 5.47. The number of carbonyl (C=O) groups excluding carboxylic acids is 1. The van der Waals surface area contributed by atoms with Gasteiger partial charge >= 0.3 is 6.03 Å². The highest BCUT2D eigenvalue weighted by molar-refractivity contribution is 9.10. The molecule has 0 aromatic heterocycles. The second kappa shape index (κ2) is 7.69. The van der Waals surface area contributed by atoms with Gasteiger partial charge in [0.2, 0.25) is 0 Å². The van der Waals surface area contributed by atoms with Gasteiger partial charge in [0.05, 0.1) is 0 Å². The summed E-state index contributed by atoms with van der Waals surface area (Å²) >= 11 is 3.40. The second-order valence-electron chi connectivity index (χ2n) is 4.66. The maximum atomic E-state index is 11.7. The maximum absolute atomic E-state index is 11.7. The van der Waals surface area contributed by atoms with Crippen molar-refractivity contribution in [3.8, 4) is 5.75 Å². The van der Waals surface area contributed by atoms with E-state index < -0.39 is 0 Å². The van der Waals surface area contributed by atoms with Crippen molar-refractivity contribution in [3.63, 3.8) is 0 Å². The number of urea groups is 1. The molecule has 0 fully saturated rings. The Morgan fingerprint density at radius 2 is 1.81 bits per heavy atom. The molecule has 4 nitrogen and oxygen atoms in total. The lowest BCUT2D eigenvalue weighted by Gasteiger charge is -2.08. The molecular weight excluding hydrogens is 332 g/mol. The normalized spacial score (nSPS) is 10.1. The van der Waals surface area contributed by atoms with Gasteiger partial charge in [0.15, 0.2) is 0 Å². The number of hydrogen-bond acceptors (Lipinski definition) is 2. The molecule has 0 unspecified atom stereocenters. The summed E-state index contributed by atoms with van der Waals surface area (Å²) in [6.07, 6.45) is 0.727. The van der Waals surface area contributed by atoms with E-state index in [1.807, 2.05) is 36.4 Å². The Hall–Kier alpha value is -2.01. The Morgan fingerprint density at radius 3 is 2.52 bits per heavy atom. The quantitative estimate of drug-likeness (QED) is 0.776. The third-order valence-electron chi connectivity index (χ3n) is 2.98. The minimum atomic E-state index is -0.186. The summed E-state index contributed by atoms with van der Waals surface area (Å²) in [4.78, 5) is 11.7. The molecule has 110 valence electrons. The lowest BCUT2D eigenvalue weighted by atomic mass is 10.1. The van der Waals surface area contributed by atoms with Crippen LogP contribution in [0.1, 0.15) is 11.1 Å². The minimum Gasteiger partial charge on any atom is -0.508 e. The van der Waals surface area contributed by atoms with Gasteiger partial charge in [0.25, 0.3) is 0 Å². The van der Waals surface area contributed by atoms with Crippen molar-refractivity contribution in [2.45, 2.75) is 13.0 Å². The molecule has 3 N–H and O–H groups in total. The Balaban J connectivity index is 1.69. The highest BCUT2D eigenvalue weighted by Gasteiger charge is 2.01. The van der Waals surface area contributed by atoms with Crippen LogP contribution in [0.5, 0.6) is 5.75 Å². The fraction of sp³-hybridized carbons (Fsp3) is 0.188. The number of rotatable bonds is 5. The average Bonchev–Trinajstić information content (AvgIpc) is 2.47. The van der Waals surface area contributed by atoms with Crippen molar-refractivity contribution in [2.75, 3.05) is 6.54 Å². The summed E-state index contributed by atoms with van der Waals surface area (Å²) in [5.74, 6) is 0.249. The first-order valence-corrected chi connectivity index (χ1v) is 7.47. The van der Waals surface area contributed by atoms with E-state index >= 15 is 0 Å². The molecule has 0 aliphatic rings. The SMILES string of the molecule is O=C(NCCc1ccc(O)cc1)NCc1cccc(Br)c1. The van der Waals surface area contributed by atoms with Gasteiger partial charge in [0.1, 0.15) is 5.75 Å². The van der Waals surface area contributed by atoms with E-state index in [9.17, 15) is 9.90 Å². The molecule has 0 saturated heterocycles. The van der Waals surface area contributed by atoms with Crippen molar-refractivity contribution >= 4 is 22.0 Å². The van der Waals surface area contributed by atoms with Gasteiger partial charge < -0.3 is 15.7 Å². The molecule has 0 heterocycles. The van der Waals surface area contributed by atoms with Gasteiger partial charge in [-0.1, -0.05) is 40.2 Å². The second-order valence-corrected chi connectivity index (χ2v) is 5.57. The standard InChI is InChI=1S/C16H17BrN2O2/c17-14-3-1-2-13(10-14)11-19-16(21)18-9-8-12-4-6-15(20)7-5-12/h1-7,10,20H,8-9,11H2,(H2,18,19,21). The number of carbonyl (C=O) groups is 1. The fourth-order valence-electron chi connectivity index (χ4n) is 1.87. The topological polar surface area (TPSA) is 61.4 Å². The number of halogens is 1. The number of aromatic hydroxyl groups is 1. The smallest absolute Gasteiger partial charge is 0.315 e. The van der Waals surface area contributed by atoms with Gasteiger partial charge in [-0.3, -0.25) is 0 Å². The van der Waals surface area contributed by atoms with Crippen LogP contribution in [0.4, 0.5) is 4.79 Å². The zero-order chi connectivity index (χ0) is 15.1. The van der Waals surface area contributed by atoms with Crippen molar-refractivity contribution < 1.29 is 9.90 Å². The monoisotopic (exact) mass is 348 g/mol. The Labute approximate surface area is 132 Å². The molecule has 2 rings (SSSR count). The van der Waals surface area contributed by atoms with Crippen molar-refractivity contribution in [1.82, 2.24) is 10.6 Å². The molecule has 0 aliphatic heterocycles. The number of phenols is 1. The molecular formula is C16H17BrN2O2. The molecule has 0 aliphatic carbocycles. The summed E-state index contributed by atoms with van der Waals surface area (Å²) in [5, 5.41) is 14.8. The van der Waals surface area contributed by atoms with Crippen molar-refractivity contribution in [1.29, 1.82) is 0 Å². The molecule has 0 spiro atoms. The van der Waals surface area contributed by atoms with E-state index in [2.05, 4.69) is 26.6 Å². The van der Waals surface area contributed by atoms with Crippen molar-refractivity contribution in [3.05, 3.63) is 64.1 Å². The van der Waals surface area contributed by atoms with Crippen LogP contribution in [-0.2, 0) is 13.0 Å². The van der Waals surface area contributed by atoms with Gasteiger partial charge in [-0.2, -0.15) is 0 Å². The number of phenolic OH excluding ortho intramolecular Hbond substituents is 1. The Bertz CT molecular complexity index is 599. The molecule has 2 aromatic rings. The molecule has 0 radical (unpaired) electrons. The molecule has 5 heteroatoms. The lowest BCUT2D eigenvalue weighted by Crippen LogP contribution is -2.36. The van der Waals surface area contributed by atoms with E-state index in [0.29, 0.717) is 13.1 Å². The summed E-state index contributed by atoms with van der Waals surface area (Å²) in [7, 11) is 0. The van der Waals surface area contributed by atoms with Crippen LogP contribution in [0.2, 0.25) is 0 Å². The van der Waals surface area contributed by atoms with E-state index in [4.69, 9.17) is 0 Å². The van der Waals surface area contributed by atoms with Gasteiger partial charge in [-0.05, 0) is 41.8 Å². The zero-order valence-corrected chi connectivity index (χ0v) is 13.1. The highest BCUT2D eigenvalue weighted by atomic mass is 79.9. The van der Waals surface area contributed by atoms with Crippen LogP contribution in [0.15, 0.2) is 53.0 Å². The van der Waals surface area contributed by atoms with E-state index in [1.165, 1.54) is 0 Å². The highest BCUT2D eigenvalue weighted by Crippen LogP contribution is 2.11. The molecule has 21 heavy (non-hydrogen) atoms. The van der Waals surface area contributed by atoms with Crippen LogP contribution in [-0.4, -0.2) is 17.7 Å². The van der Waals surface area contributed by atoms with Crippen LogP contribution in [0.25, 0.3) is 0 Å². The maximum Gasteiger partial charge on any atom is 0.315 e. The first kappa shape index (κ1) is 15.4. The fourth-order valence-corrected chi connectivity index (χ4v) is 2.32. The van der Waals surface area contributed by atoms with Gasteiger partial charge in [-0.25, -0.2) is 4.79 Å². The van der Waals surface area contributed by atoms with Crippen LogP contribution in [0.3, 0.4) is 0 Å². The molecule has 0 bridgehead atoms. The van der Waals surface area contributed by atoms with Crippen LogP contribution < -0.4 is 10.6 Å². The lowest BCUT2D eigenvalue weighted by molar-refractivity contribution is 0.240. The number of hydrogen-bond donors (Lipinski definition) is 3. The number of amides is 2. The number of nitrogens with one attached hydrogen (secondary N) is 2. The van der Waals surface area contributed by atoms with Crippen molar-refractivity contribution in [2.24, 2.45) is 0 Å². The molecule has 2 amide bonds. The Kier molecular flexibility index (Phi) is 5.63. The van der Waals surface area contributed by atoms with Gasteiger partial charge in [-0.15, -0.1) is 0 Å². The molecule has 2 aromatic carbocycles. The van der Waals surface area contributed by atoms with E-state index in [1.54, 1.807) is 12.1 Å². The molecule has 0 saturated carbocycles. The summed E-state index contributed by atoms with van der Waals surface area (Å²) < 4.78 is 0.995. The Morgan fingerprint density at radius 1 is 1.05 bits per heavy atom. The zero-order valence-electron chi connectivity index (χ0n) is 11.5. The summed E-state index contributed by atoms with van der Waals surface area (Å²) in [5.41, 5.74) is 2.11.